The molecule has 0 radical (unpaired) electrons. The molecule has 128 valence electrons. The molecule has 1 aliphatic rings. The van der Waals surface area contributed by atoms with Crippen molar-refractivity contribution in [3.8, 4) is 0 Å². The minimum absolute atomic E-state index is 0.288. The second-order valence-corrected chi connectivity index (χ2v) is 5.77. The standard InChI is InChI=1S/C16H21N5O3/c1-19-11-12(15(22)20(2)16(19)23)9-17-13-3-4-14(18-10-13)21-5-7-24-8-6-21/h3-4,10-11,17H,5-9H2,1-2H3. The monoisotopic (exact) mass is 331 g/mol. The van der Waals surface area contributed by atoms with E-state index in [2.05, 4.69) is 15.2 Å². The molecular formula is C16H21N5O3. The van der Waals surface area contributed by atoms with Crippen LogP contribution in [0.25, 0.3) is 0 Å². The highest BCUT2D eigenvalue weighted by Gasteiger charge is 2.12. The van der Waals surface area contributed by atoms with E-state index >= 15 is 0 Å². The van der Waals surface area contributed by atoms with Gasteiger partial charge >= 0.3 is 5.69 Å². The third kappa shape index (κ3) is 3.33. The minimum atomic E-state index is -0.333. The first kappa shape index (κ1) is 16.3. The largest absolute Gasteiger partial charge is 0.379 e. The van der Waals surface area contributed by atoms with Crippen LogP contribution in [0.4, 0.5) is 11.5 Å². The van der Waals surface area contributed by atoms with Gasteiger partial charge < -0.3 is 19.5 Å². The summed E-state index contributed by atoms with van der Waals surface area (Å²) < 4.78 is 7.84. The topological polar surface area (TPSA) is 81.4 Å². The Balaban J connectivity index is 1.69. The lowest BCUT2D eigenvalue weighted by Crippen LogP contribution is -2.38. The fraction of sp³-hybridized carbons (Fsp3) is 0.438. The Morgan fingerprint density at radius 3 is 2.62 bits per heavy atom. The Kier molecular flexibility index (Phi) is 4.66. The molecule has 8 heteroatoms. The maximum Gasteiger partial charge on any atom is 0.330 e. The molecule has 0 unspecified atom stereocenters. The smallest absolute Gasteiger partial charge is 0.330 e. The van der Waals surface area contributed by atoms with Crippen LogP contribution in [0.1, 0.15) is 5.56 Å². The Labute approximate surface area is 139 Å². The first-order valence-corrected chi connectivity index (χ1v) is 7.84. The number of rotatable bonds is 4. The van der Waals surface area contributed by atoms with Crippen LogP contribution in [0, 0.1) is 0 Å². The molecule has 0 amide bonds. The van der Waals surface area contributed by atoms with E-state index in [0.717, 1.165) is 42.4 Å². The van der Waals surface area contributed by atoms with Gasteiger partial charge in [0, 0.05) is 39.9 Å². The summed E-state index contributed by atoms with van der Waals surface area (Å²) in [5, 5.41) is 3.17. The Morgan fingerprint density at radius 2 is 1.96 bits per heavy atom. The summed E-state index contributed by atoms with van der Waals surface area (Å²) in [7, 11) is 3.11. The van der Waals surface area contributed by atoms with Gasteiger partial charge in [-0.2, -0.15) is 0 Å². The van der Waals surface area contributed by atoms with Crippen molar-refractivity contribution in [2.45, 2.75) is 6.54 Å². The number of hydrogen-bond donors (Lipinski definition) is 1. The fourth-order valence-electron chi connectivity index (χ4n) is 2.67. The highest BCUT2D eigenvalue weighted by atomic mass is 16.5. The van der Waals surface area contributed by atoms with Crippen molar-refractivity contribution in [2.75, 3.05) is 36.5 Å². The fourth-order valence-corrected chi connectivity index (χ4v) is 2.67. The van der Waals surface area contributed by atoms with Crippen LogP contribution in [-0.2, 0) is 25.4 Å². The lowest BCUT2D eigenvalue weighted by atomic mass is 10.3. The Morgan fingerprint density at radius 1 is 1.21 bits per heavy atom. The van der Waals surface area contributed by atoms with Crippen LogP contribution < -0.4 is 21.5 Å². The molecule has 24 heavy (non-hydrogen) atoms. The number of aromatic nitrogens is 3. The van der Waals surface area contributed by atoms with E-state index in [1.165, 1.54) is 11.6 Å². The molecule has 0 saturated carbocycles. The number of aryl methyl sites for hydroxylation is 1. The molecule has 0 atom stereocenters. The average Bonchev–Trinajstić information content (AvgIpc) is 2.63. The predicted octanol–water partition coefficient (Wildman–Crippen LogP) is -0.0723. The van der Waals surface area contributed by atoms with Crippen LogP contribution in [0.5, 0.6) is 0 Å². The lowest BCUT2D eigenvalue weighted by molar-refractivity contribution is 0.122. The van der Waals surface area contributed by atoms with Gasteiger partial charge in [0.2, 0.25) is 0 Å². The Hall–Kier alpha value is -2.61. The van der Waals surface area contributed by atoms with Crippen molar-refractivity contribution >= 4 is 11.5 Å². The van der Waals surface area contributed by atoms with Gasteiger partial charge in [-0.15, -0.1) is 0 Å². The predicted molar refractivity (Wildman–Crippen MR) is 91.5 cm³/mol. The van der Waals surface area contributed by atoms with Crippen molar-refractivity contribution in [1.29, 1.82) is 0 Å². The Bertz CT molecular complexity index is 819. The first-order valence-electron chi connectivity index (χ1n) is 7.84. The molecule has 0 bridgehead atoms. The number of nitrogens with zero attached hydrogens (tertiary/aromatic N) is 4. The number of anilines is 2. The van der Waals surface area contributed by atoms with Gasteiger partial charge in [-0.3, -0.25) is 9.36 Å². The molecule has 2 aromatic heterocycles. The summed E-state index contributed by atoms with van der Waals surface area (Å²) in [5.41, 5.74) is 0.726. The van der Waals surface area contributed by atoms with Crippen LogP contribution >= 0.6 is 0 Å². The van der Waals surface area contributed by atoms with E-state index in [-0.39, 0.29) is 11.2 Å². The first-order chi connectivity index (χ1) is 11.6. The molecule has 0 aromatic carbocycles. The lowest BCUT2D eigenvalue weighted by Gasteiger charge is -2.27. The van der Waals surface area contributed by atoms with Gasteiger partial charge in [0.1, 0.15) is 5.82 Å². The molecule has 1 saturated heterocycles. The van der Waals surface area contributed by atoms with Gasteiger partial charge in [0.25, 0.3) is 5.56 Å². The second-order valence-electron chi connectivity index (χ2n) is 5.77. The summed E-state index contributed by atoms with van der Waals surface area (Å²) in [5.74, 6) is 0.918. The molecule has 1 fully saturated rings. The maximum atomic E-state index is 12.1. The van der Waals surface area contributed by atoms with Crippen molar-refractivity contribution in [3.63, 3.8) is 0 Å². The molecule has 1 aliphatic heterocycles. The van der Waals surface area contributed by atoms with E-state index in [0.29, 0.717) is 12.1 Å². The summed E-state index contributed by atoms with van der Waals surface area (Å²) in [6, 6.07) is 3.89. The molecule has 0 spiro atoms. The summed E-state index contributed by atoms with van der Waals surface area (Å²) in [4.78, 5) is 30.4. The zero-order chi connectivity index (χ0) is 17.1. The molecular weight excluding hydrogens is 310 g/mol. The molecule has 3 heterocycles. The zero-order valence-corrected chi connectivity index (χ0v) is 13.9. The summed E-state index contributed by atoms with van der Waals surface area (Å²) >= 11 is 0. The second kappa shape index (κ2) is 6.88. The summed E-state index contributed by atoms with van der Waals surface area (Å²) in [6.07, 6.45) is 3.31. The highest BCUT2D eigenvalue weighted by Crippen LogP contribution is 2.15. The van der Waals surface area contributed by atoms with Crippen molar-refractivity contribution in [2.24, 2.45) is 14.1 Å². The van der Waals surface area contributed by atoms with E-state index < -0.39 is 0 Å². The molecule has 1 N–H and O–H groups in total. The average molecular weight is 331 g/mol. The van der Waals surface area contributed by atoms with Gasteiger partial charge in [-0.25, -0.2) is 9.78 Å². The molecule has 0 aliphatic carbocycles. The van der Waals surface area contributed by atoms with Crippen molar-refractivity contribution < 1.29 is 4.74 Å². The summed E-state index contributed by atoms with van der Waals surface area (Å²) in [6.45, 7) is 3.45. The number of hydrogen-bond acceptors (Lipinski definition) is 6. The maximum absolute atomic E-state index is 12.1. The normalized spacial score (nSPS) is 14.7. The number of nitrogens with one attached hydrogen (secondary N) is 1. The van der Waals surface area contributed by atoms with Gasteiger partial charge in [-0.1, -0.05) is 0 Å². The molecule has 2 aromatic rings. The van der Waals surface area contributed by atoms with Crippen LogP contribution in [-0.4, -0.2) is 40.4 Å². The van der Waals surface area contributed by atoms with E-state index in [1.807, 2.05) is 12.1 Å². The van der Waals surface area contributed by atoms with Gasteiger partial charge in [0.05, 0.1) is 30.7 Å². The van der Waals surface area contributed by atoms with Crippen LogP contribution in [0.2, 0.25) is 0 Å². The van der Waals surface area contributed by atoms with Gasteiger partial charge in [-0.05, 0) is 12.1 Å². The highest BCUT2D eigenvalue weighted by molar-refractivity contribution is 5.49. The number of morpholine rings is 1. The van der Waals surface area contributed by atoms with Crippen molar-refractivity contribution in [3.05, 3.63) is 50.9 Å². The molecule has 3 rings (SSSR count). The number of ether oxygens (including phenoxy) is 1. The van der Waals surface area contributed by atoms with E-state index in [1.54, 1.807) is 19.4 Å². The third-order valence-electron chi connectivity index (χ3n) is 4.08. The van der Waals surface area contributed by atoms with E-state index in [4.69, 9.17) is 4.74 Å². The molecule has 8 nitrogen and oxygen atoms in total. The SMILES string of the molecule is Cn1cc(CNc2ccc(N3CCOCC3)nc2)c(=O)n(C)c1=O. The van der Waals surface area contributed by atoms with Crippen molar-refractivity contribution in [1.82, 2.24) is 14.1 Å². The van der Waals surface area contributed by atoms with Gasteiger partial charge in [0.15, 0.2) is 0 Å². The third-order valence-corrected chi connectivity index (χ3v) is 4.08. The van der Waals surface area contributed by atoms with Crippen LogP contribution in [0.3, 0.4) is 0 Å². The quantitative estimate of drug-likeness (QED) is 0.844. The van der Waals surface area contributed by atoms with E-state index in [9.17, 15) is 9.59 Å². The zero-order valence-electron chi connectivity index (χ0n) is 13.9. The number of pyridine rings is 1. The van der Waals surface area contributed by atoms with Crippen LogP contribution in [0.15, 0.2) is 34.1 Å². The minimum Gasteiger partial charge on any atom is -0.379 e.